The van der Waals surface area contributed by atoms with Gasteiger partial charge < -0.3 is 4.74 Å². The second kappa shape index (κ2) is 3.01. The molecule has 1 aromatic rings. The lowest BCUT2D eigenvalue weighted by molar-refractivity contribution is -0.131. The molecule has 0 N–H and O–H groups in total. The summed E-state index contributed by atoms with van der Waals surface area (Å²) >= 11 is 0. The van der Waals surface area contributed by atoms with Gasteiger partial charge in [0.1, 0.15) is 5.75 Å². The van der Waals surface area contributed by atoms with Gasteiger partial charge in [0.25, 0.3) is 0 Å². The van der Waals surface area contributed by atoms with Crippen LogP contribution in [0.1, 0.15) is 6.92 Å². The van der Waals surface area contributed by atoms with Crippen LogP contribution in [0.4, 0.5) is 0 Å². The number of hydrogen-bond acceptors (Lipinski definition) is 2. The number of carbonyl (C=O) groups is 1. The molecule has 1 rings (SSSR count). The molecule has 0 amide bonds. The first-order valence-corrected chi connectivity index (χ1v) is 3.02. The van der Waals surface area contributed by atoms with Crippen molar-refractivity contribution < 1.29 is 9.53 Å². The minimum absolute atomic E-state index is 0.286. The van der Waals surface area contributed by atoms with Gasteiger partial charge in [-0.2, -0.15) is 0 Å². The fourth-order valence-corrected chi connectivity index (χ4v) is 0.655. The van der Waals surface area contributed by atoms with E-state index in [1.165, 1.54) is 6.92 Å². The van der Waals surface area contributed by atoms with E-state index in [-0.39, 0.29) is 5.97 Å². The van der Waals surface area contributed by atoms with Crippen LogP contribution >= 0.6 is 0 Å². The molecule has 0 bridgehead atoms. The van der Waals surface area contributed by atoms with Crippen LogP contribution in [0.5, 0.6) is 5.75 Å². The molecule has 0 atom stereocenters. The fourth-order valence-electron chi connectivity index (χ4n) is 0.655. The van der Waals surface area contributed by atoms with Gasteiger partial charge in [-0.3, -0.25) is 4.79 Å². The highest BCUT2D eigenvalue weighted by atomic mass is 16.6. The Labute approximate surface area is 59.4 Å². The molecule has 0 aliphatic carbocycles. The van der Waals surface area contributed by atoms with E-state index in [4.69, 9.17) is 4.74 Å². The van der Waals surface area contributed by atoms with E-state index >= 15 is 0 Å². The van der Waals surface area contributed by atoms with E-state index in [0.29, 0.717) is 5.75 Å². The number of carbonyl (C=O) groups excluding carboxylic acids is 1. The van der Waals surface area contributed by atoms with Crippen molar-refractivity contribution in [3.63, 3.8) is 0 Å². The highest BCUT2D eigenvalue weighted by Crippen LogP contribution is 2.07. The van der Waals surface area contributed by atoms with Crippen molar-refractivity contribution >= 4 is 5.97 Å². The van der Waals surface area contributed by atoms with Gasteiger partial charge in [0, 0.05) is 6.92 Å². The van der Waals surface area contributed by atoms with Gasteiger partial charge in [0.05, 0.1) is 0 Å². The van der Waals surface area contributed by atoms with Gasteiger partial charge in [-0.05, 0) is 12.1 Å². The quantitative estimate of drug-likeness (QED) is 0.335. The maximum Gasteiger partial charge on any atom is 0.308 e. The Hall–Kier alpha value is -1.31. The van der Waals surface area contributed by atoms with Crippen LogP contribution < -0.4 is 4.74 Å². The predicted octanol–water partition coefficient (Wildman–Crippen LogP) is 1.61. The molecule has 0 fully saturated rings. The zero-order chi connectivity index (χ0) is 7.40. The predicted molar refractivity (Wildman–Crippen MR) is 37.8 cm³/mol. The summed E-state index contributed by atoms with van der Waals surface area (Å²) in [6.45, 7) is 1.38. The third-order valence-electron chi connectivity index (χ3n) is 1.00. The normalized spacial score (nSPS) is 8.90. The molecule has 0 saturated heterocycles. The summed E-state index contributed by atoms with van der Waals surface area (Å²) in [6, 6.07) is 8.98. The van der Waals surface area contributed by atoms with Gasteiger partial charge in [0.15, 0.2) is 0 Å². The van der Waals surface area contributed by atoms with Crippen LogP contribution in [0.25, 0.3) is 0 Å². The van der Waals surface area contributed by atoms with Crippen LogP contribution in [0.15, 0.2) is 30.3 Å². The molecule has 0 radical (unpaired) electrons. The fraction of sp³-hybridized carbons (Fsp3) is 0.125. The Bertz CT molecular complexity index is 216. The average Bonchev–Trinajstić information content (AvgIpc) is 1.88. The summed E-state index contributed by atoms with van der Waals surface area (Å²) in [7, 11) is 0. The highest BCUT2D eigenvalue weighted by Gasteiger charge is 1.92. The van der Waals surface area contributed by atoms with Gasteiger partial charge in [-0.15, -0.1) is 0 Å². The van der Waals surface area contributed by atoms with E-state index in [0.717, 1.165) is 0 Å². The smallest absolute Gasteiger partial charge is 0.308 e. The van der Waals surface area contributed by atoms with Gasteiger partial charge in [0.2, 0.25) is 0 Å². The zero-order valence-electron chi connectivity index (χ0n) is 5.70. The Balaban J connectivity index is 2.67. The average molecular weight is 138 g/mol. The Kier molecular flexibility index (Phi) is 2.05. The molecular weight excluding hydrogens is 130 g/mol. The van der Waals surface area contributed by atoms with Crippen molar-refractivity contribution in [1.82, 2.24) is 0 Å². The van der Waals surface area contributed by atoms with Crippen molar-refractivity contribution in [3.8, 4) is 5.75 Å². The molecule has 0 aliphatic rings. The third kappa shape index (κ3) is 1.90. The Morgan fingerprint density at radius 1 is 1.30 bits per heavy atom. The van der Waals surface area contributed by atoms with Crippen LogP contribution in [0.3, 0.4) is 0 Å². The number of esters is 1. The number of para-hydroxylation sites is 1. The van der Waals surface area contributed by atoms with Gasteiger partial charge in [-0.1, -0.05) is 18.2 Å². The van der Waals surface area contributed by atoms with Crippen LogP contribution in [-0.2, 0) is 4.79 Å². The van der Waals surface area contributed by atoms with Crippen molar-refractivity contribution in [2.24, 2.45) is 0 Å². The molecule has 0 unspecified atom stereocenters. The topological polar surface area (TPSA) is 26.3 Å². The van der Waals surface area contributed by atoms with Crippen LogP contribution in [-0.4, -0.2) is 5.97 Å². The minimum Gasteiger partial charge on any atom is -0.427 e. The molecule has 1 aromatic carbocycles. The maximum atomic E-state index is 10.4. The monoisotopic (exact) mass is 138 g/mol. The lowest BCUT2D eigenvalue weighted by Gasteiger charge is -1.97. The molecule has 2 heteroatoms. The summed E-state index contributed by atoms with van der Waals surface area (Å²) in [4.78, 5) is 10.4. The molecule has 0 heterocycles. The summed E-state index contributed by atoms with van der Waals surface area (Å²) < 4.78 is 4.78. The van der Waals surface area contributed by atoms with Crippen molar-refractivity contribution in [2.45, 2.75) is 6.92 Å². The summed E-state index contributed by atoms with van der Waals surface area (Å²) in [6.07, 6.45) is 0. The first-order chi connectivity index (χ1) is 4.79. The summed E-state index contributed by atoms with van der Waals surface area (Å²) in [5.74, 6) is 0.307. The lowest BCUT2D eigenvalue weighted by Crippen LogP contribution is -2.00. The van der Waals surface area contributed by atoms with E-state index in [2.05, 4.69) is 0 Å². The molecule has 0 aliphatic heterocycles. The Morgan fingerprint density at radius 2 is 1.90 bits per heavy atom. The van der Waals surface area contributed by atoms with Gasteiger partial charge >= 0.3 is 5.97 Å². The van der Waals surface area contributed by atoms with Crippen molar-refractivity contribution in [1.29, 1.82) is 0 Å². The van der Waals surface area contributed by atoms with Crippen LogP contribution in [0.2, 0.25) is 0 Å². The van der Waals surface area contributed by atoms with Gasteiger partial charge in [-0.25, -0.2) is 0 Å². The largest absolute Gasteiger partial charge is 0.427 e. The molecule has 0 saturated carbocycles. The molecule has 52 valence electrons. The van der Waals surface area contributed by atoms with E-state index in [9.17, 15) is 4.79 Å². The zero-order valence-corrected chi connectivity index (χ0v) is 5.70. The summed E-state index contributed by atoms with van der Waals surface area (Å²) in [5.41, 5.74) is 0. The second-order valence-corrected chi connectivity index (χ2v) is 1.91. The number of benzene rings is 1. The molecule has 0 aromatic heterocycles. The summed E-state index contributed by atoms with van der Waals surface area (Å²) in [5, 5.41) is 0. The van der Waals surface area contributed by atoms with E-state index in [1.807, 2.05) is 18.2 Å². The first kappa shape index (κ1) is 6.81. The molecule has 2 nitrogen and oxygen atoms in total. The Morgan fingerprint density at radius 3 is 2.40 bits per heavy atom. The number of rotatable bonds is 1. The van der Waals surface area contributed by atoms with E-state index < -0.39 is 0 Å². The maximum absolute atomic E-state index is 10.4. The minimum atomic E-state index is -0.286. The number of hydrogen-bond donors (Lipinski definition) is 0. The molecule has 10 heavy (non-hydrogen) atoms. The first-order valence-electron chi connectivity index (χ1n) is 3.02. The standard InChI is InChI=1S/C8H8O2/c1-7(9)10-8-5-3-2-4-6-8/h2-6H,1H3/i1+1,7+1. The number of ether oxygens (including phenoxy) is 1. The second-order valence-electron chi connectivity index (χ2n) is 1.91. The highest BCUT2D eigenvalue weighted by molar-refractivity contribution is 5.69. The van der Waals surface area contributed by atoms with Crippen molar-refractivity contribution in [2.75, 3.05) is 0 Å². The lowest BCUT2D eigenvalue weighted by atomic mass is 10.3. The van der Waals surface area contributed by atoms with Crippen molar-refractivity contribution in [3.05, 3.63) is 30.3 Å². The SMILES string of the molecule is [13CH3][13C](=O)Oc1ccccc1. The molecule has 0 spiro atoms. The van der Waals surface area contributed by atoms with Crippen LogP contribution in [0, 0.1) is 0 Å². The van der Waals surface area contributed by atoms with E-state index in [1.54, 1.807) is 12.1 Å². The molecular formula is C8H8O2. The third-order valence-corrected chi connectivity index (χ3v) is 1.00.